The van der Waals surface area contributed by atoms with Gasteiger partial charge in [0.15, 0.2) is 11.6 Å². The van der Waals surface area contributed by atoms with Crippen LogP contribution in [0.2, 0.25) is 0 Å². The molecule has 2 aromatic carbocycles. The number of halogens is 4. The van der Waals surface area contributed by atoms with Gasteiger partial charge in [0, 0.05) is 18.2 Å². The van der Waals surface area contributed by atoms with Crippen LogP contribution in [0.25, 0.3) is 0 Å². The van der Waals surface area contributed by atoms with E-state index in [1.165, 1.54) is 30.5 Å². The maximum absolute atomic E-state index is 14.8. The first kappa shape index (κ1) is 25.9. The molecule has 2 N–H and O–H groups in total. The molecule has 1 aliphatic rings. The quantitative estimate of drug-likeness (QED) is 0.425. The number of nitrogens with zero attached hydrogens (tertiary/aromatic N) is 1. The van der Waals surface area contributed by atoms with Crippen LogP contribution in [0.1, 0.15) is 63.7 Å². The number of ether oxygens (including phenoxy) is 2. The third-order valence-corrected chi connectivity index (χ3v) is 6.05. The molecule has 1 unspecified atom stereocenters. The van der Waals surface area contributed by atoms with Crippen LogP contribution in [0.5, 0.6) is 11.5 Å². The molecule has 1 aromatic heterocycles. The van der Waals surface area contributed by atoms with E-state index >= 15 is 0 Å². The number of pyridine rings is 1. The number of carboxylic acids is 1. The summed E-state index contributed by atoms with van der Waals surface area (Å²) in [5.41, 5.74) is -0.449. The number of aromatic carboxylic acids is 1. The number of hydrogen-bond acceptors (Lipinski definition) is 5. The van der Waals surface area contributed by atoms with E-state index < -0.39 is 35.3 Å². The molecule has 1 amide bonds. The van der Waals surface area contributed by atoms with Crippen molar-refractivity contribution in [1.82, 2.24) is 10.3 Å². The monoisotopic (exact) mass is 518 g/mol. The lowest BCUT2D eigenvalue weighted by atomic mass is 9.81. The number of alkyl halides is 3. The number of nitrogens with one attached hydrogen (secondary N) is 1. The molecule has 0 fully saturated rings. The number of aromatic nitrogens is 1. The van der Waals surface area contributed by atoms with Crippen molar-refractivity contribution >= 4 is 11.9 Å². The predicted molar refractivity (Wildman–Crippen MR) is 123 cm³/mol. The second-order valence-corrected chi connectivity index (χ2v) is 8.76. The Morgan fingerprint density at radius 3 is 2.57 bits per heavy atom. The molecular weight excluding hydrogens is 496 g/mol. The molecular formula is C26H22F4N2O5. The van der Waals surface area contributed by atoms with Gasteiger partial charge in [-0.3, -0.25) is 9.78 Å². The third-order valence-electron chi connectivity index (χ3n) is 6.05. The molecule has 7 nitrogen and oxygen atoms in total. The molecule has 4 rings (SSSR count). The number of carbonyl (C=O) groups excluding carboxylic acids is 1. The highest BCUT2D eigenvalue weighted by atomic mass is 19.4. The summed E-state index contributed by atoms with van der Waals surface area (Å²) in [5, 5.41) is 12.4. The maximum Gasteiger partial charge on any atom is 0.573 e. The average molecular weight is 518 g/mol. The molecule has 0 aliphatic carbocycles. The largest absolute Gasteiger partial charge is 0.573 e. The Morgan fingerprint density at radius 2 is 1.92 bits per heavy atom. The summed E-state index contributed by atoms with van der Waals surface area (Å²) < 4.78 is 62.2. The fourth-order valence-corrected chi connectivity index (χ4v) is 4.35. The Labute approximate surface area is 209 Å². The first-order valence-corrected chi connectivity index (χ1v) is 11.2. The highest BCUT2D eigenvalue weighted by Crippen LogP contribution is 2.42. The summed E-state index contributed by atoms with van der Waals surface area (Å²) >= 11 is 0. The summed E-state index contributed by atoms with van der Waals surface area (Å²) in [5.74, 6) is -3.93. The molecule has 0 spiro atoms. The predicted octanol–water partition coefficient (Wildman–Crippen LogP) is 5.40. The Bertz CT molecular complexity index is 1360. The molecule has 3 aromatic rings. The minimum absolute atomic E-state index is 0.0571. The smallest absolute Gasteiger partial charge is 0.491 e. The van der Waals surface area contributed by atoms with Crippen molar-refractivity contribution in [3.8, 4) is 11.5 Å². The Balaban J connectivity index is 1.81. The molecule has 0 saturated carbocycles. The van der Waals surface area contributed by atoms with E-state index in [1.54, 1.807) is 26.0 Å². The van der Waals surface area contributed by atoms with Crippen LogP contribution >= 0.6 is 0 Å². The Kier molecular flexibility index (Phi) is 6.81. The average Bonchev–Trinajstić information content (AvgIpc) is 2.84. The summed E-state index contributed by atoms with van der Waals surface area (Å²) in [7, 11) is 0. The maximum atomic E-state index is 14.8. The molecule has 1 atom stereocenters. The zero-order valence-corrected chi connectivity index (χ0v) is 19.7. The third kappa shape index (κ3) is 5.20. The Morgan fingerprint density at radius 1 is 1.16 bits per heavy atom. The van der Waals surface area contributed by atoms with Crippen molar-refractivity contribution < 1.29 is 41.7 Å². The van der Waals surface area contributed by atoms with Crippen LogP contribution in [-0.2, 0) is 5.54 Å². The fourth-order valence-electron chi connectivity index (χ4n) is 4.35. The number of benzene rings is 2. The molecule has 2 heterocycles. The summed E-state index contributed by atoms with van der Waals surface area (Å²) in [6.07, 6.45) is -3.55. The van der Waals surface area contributed by atoms with Gasteiger partial charge in [-0.2, -0.15) is 0 Å². The van der Waals surface area contributed by atoms with Crippen LogP contribution in [0, 0.1) is 5.82 Å². The number of carbonyl (C=O) groups is 2. The molecule has 0 bridgehead atoms. The van der Waals surface area contributed by atoms with Crippen molar-refractivity contribution in [2.24, 2.45) is 0 Å². The van der Waals surface area contributed by atoms with Gasteiger partial charge in [-0.1, -0.05) is 19.9 Å². The lowest BCUT2D eigenvalue weighted by Crippen LogP contribution is -2.50. The van der Waals surface area contributed by atoms with Gasteiger partial charge in [0.1, 0.15) is 17.0 Å². The van der Waals surface area contributed by atoms with Gasteiger partial charge in [0.05, 0.1) is 12.2 Å². The van der Waals surface area contributed by atoms with Crippen LogP contribution in [0.4, 0.5) is 17.6 Å². The van der Waals surface area contributed by atoms with E-state index in [-0.39, 0.29) is 41.3 Å². The van der Waals surface area contributed by atoms with Crippen LogP contribution < -0.4 is 14.8 Å². The lowest BCUT2D eigenvalue weighted by molar-refractivity contribution is -0.275. The normalized spacial score (nSPS) is 17.1. The standard InChI is InChI=1S/C26H22F4N2O5/c1-14(2)18-12-15(5-7-17(18)24(34)35)23(33)32-25(9-11-36-21-4-3-10-31-22(21)25)16-6-8-20(19(27)13-16)37-26(28,29)30/h3-8,10,12-14H,9,11H2,1-2H3,(H,32,33)(H,34,35). The van der Waals surface area contributed by atoms with Crippen LogP contribution in [-0.4, -0.2) is 34.9 Å². The fraction of sp³-hybridized carbons (Fsp3) is 0.269. The van der Waals surface area contributed by atoms with E-state index in [2.05, 4.69) is 15.0 Å². The Hall–Kier alpha value is -4.15. The molecule has 37 heavy (non-hydrogen) atoms. The van der Waals surface area contributed by atoms with Crippen molar-refractivity contribution in [3.63, 3.8) is 0 Å². The number of hydrogen-bond donors (Lipinski definition) is 2. The number of amides is 1. The minimum Gasteiger partial charge on any atom is -0.491 e. The van der Waals surface area contributed by atoms with Crippen molar-refractivity contribution in [2.75, 3.05) is 6.61 Å². The lowest BCUT2D eigenvalue weighted by Gasteiger charge is -2.39. The SMILES string of the molecule is CC(C)c1cc(C(=O)NC2(c3ccc(OC(F)(F)F)c(F)c3)CCOc3cccnc32)ccc1C(=O)O. The van der Waals surface area contributed by atoms with Crippen LogP contribution in [0.15, 0.2) is 54.7 Å². The zero-order chi connectivity index (χ0) is 27.0. The van der Waals surface area contributed by atoms with Gasteiger partial charge in [-0.15, -0.1) is 13.2 Å². The number of rotatable bonds is 6. The van der Waals surface area contributed by atoms with Gasteiger partial charge in [-0.25, -0.2) is 9.18 Å². The van der Waals surface area contributed by atoms with Gasteiger partial charge in [0.25, 0.3) is 5.91 Å². The summed E-state index contributed by atoms with van der Waals surface area (Å²) in [4.78, 5) is 29.4. The number of fused-ring (bicyclic) bond motifs is 1. The second-order valence-electron chi connectivity index (χ2n) is 8.76. The molecule has 194 valence electrons. The highest BCUT2D eigenvalue weighted by molar-refractivity contribution is 5.97. The zero-order valence-electron chi connectivity index (χ0n) is 19.7. The van der Waals surface area contributed by atoms with Crippen molar-refractivity contribution in [2.45, 2.75) is 38.1 Å². The number of carboxylic acid groups (broad SMARTS) is 1. The summed E-state index contributed by atoms with van der Waals surface area (Å²) in [6.45, 7) is 3.67. The van der Waals surface area contributed by atoms with E-state index in [4.69, 9.17) is 4.74 Å². The minimum atomic E-state index is -5.09. The van der Waals surface area contributed by atoms with E-state index in [0.29, 0.717) is 11.3 Å². The molecule has 0 radical (unpaired) electrons. The van der Waals surface area contributed by atoms with Crippen LogP contribution in [0.3, 0.4) is 0 Å². The first-order chi connectivity index (χ1) is 17.4. The van der Waals surface area contributed by atoms with E-state index in [1.807, 2.05) is 0 Å². The van der Waals surface area contributed by atoms with Crippen molar-refractivity contribution in [3.05, 3.63) is 88.5 Å². The van der Waals surface area contributed by atoms with Gasteiger partial charge >= 0.3 is 12.3 Å². The van der Waals surface area contributed by atoms with Gasteiger partial charge in [-0.05, 0) is 59.5 Å². The summed E-state index contributed by atoms with van der Waals surface area (Å²) in [6, 6.07) is 10.3. The molecule has 1 aliphatic heterocycles. The van der Waals surface area contributed by atoms with E-state index in [9.17, 15) is 32.3 Å². The second kappa shape index (κ2) is 9.72. The topological polar surface area (TPSA) is 97.8 Å². The molecule has 0 saturated heterocycles. The van der Waals surface area contributed by atoms with Gasteiger partial charge < -0.3 is 19.9 Å². The first-order valence-electron chi connectivity index (χ1n) is 11.2. The molecule has 11 heteroatoms. The highest BCUT2D eigenvalue weighted by Gasteiger charge is 2.43. The van der Waals surface area contributed by atoms with E-state index in [0.717, 1.165) is 12.1 Å². The van der Waals surface area contributed by atoms with Crippen molar-refractivity contribution in [1.29, 1.82) is 0 Å². The van der Waals surface area contributed by atoms with Gasteiger partial charge in [0.2, 0.25) is 0 Å².